The summed E-state index contributed by atoms with van der Waals surface area (Å²) in [5.41, 5.74) is 0.148. The number of halogens is 1. The molecule has 2 aromatic rings. The van der Waals surface area contributed by atoms with Gasteiger partial charge >= 0.3 is 0 Å². The minimum atomic E-state index is -3.86. The molecule has 1 atom stereocenters. The van der Waals surface area contributed by atoms with Crippen molar-refractivity contribution in [2.45, 2.75) is 30.7 Å². The van der Waals surface area contributed by atoms with Gasteiger partial charge in [0, 0.05) is 18.1 Å². The van der Waals surface area contributed by atoms with Crippen molar-refractivity contribution in [3.05, 3.63) is 47.5 Å². The molecule has 0 saturated carbocycles. The summed E-state index contributed by atoms with van der Waals surface area (Å²) in [6, 6.07) is 9.51. The summed E-state index contributed by atoms with van der Waals surface area (Å²) < 4.78 is 63.6. The number of benzene rings is 2. The van der Waals surface area contributed by atoms with Crippen molar-refractivity contribution in [2.75, 3.05) is 43.9 Å². The summed E-state index contributed by atoms with van der Waals surface area (Å²) >= 11 is 6.05. The average Bonchev–Trinajstić information content (AvgIpc) is 3.37. The fourth-order valence-electron chi connectivity index (χ4n) is 3.89. The molecule has 0 aromatic heterocycles. The number of amides is 1. The maximum Gasteiger partial charge on any atom is 0.243 e. The highest BCUT2D eigenvalue weighted by Crippen LogP contribution is 2.34. The number of hydrogen-bond donors (Lipinski definition) is 1. The summed E-state index contributed by atoms with van der Waals surface area (Å²) in [6.45, 7) is 2.70. The molecule has 1 aliphatic heterocycles. The highest BCUT2D eigenvalue weighted by atomic mass is 35.5. The summed E-state index contributed by atoms with van der Waals surface area (Å²) in [7, 11) is -5.97. The first-order valence-corrected chi connectivity index (χ1v) is 15.0. The van der Waals surface area contributed by atoms with Gasteiger partial charge in [-0.15, -0.1) is 0 Å². The molecule has 36 heavy (non-hydrogen) atoms. The predicted octanol–water partition coefficient (Wildman–Crippen LogP) is 2.48. The normalized spacial score (nSPS) is 15.3. The minimum Gasteiger partial charge on any atom is -0.495 e. The first-order valence-electron chi connectivity index (χ1n) is 11.3. The van der Waals surface area contributed by atoms with Gasteiger partial charge in [0.05, 0.1) is 30.5 Å². The van der Waals surface area contributed by atoms with Gasteiger partial charge in [-0.1, -0.05) is 11.6 Å². The number of nitrogens with zero attached hydrogens (tertiary/aromatic N) is 2. The van der Waals surface area contributed by atoms with E-state index in [9.17, 15) is 21.6 Å². The van der Waals surface area contributed by atoms with Crippen LogP contribution in [-0.4, -0.2) is 72.7 Å². The lowest BCUT2D eigenvalue weighted by Crippen LogP contribution is -2.48. The maximum absolute atomic E-state index is 12.8. The van der Waals surface area contributed by atoms with E-state index in [2.05, 4.69) is 5.32 Å². The van der Waals surface area contributed by atoms with Crippen molar-refractivity contribution < 1.29 is 31.1 Å². The Kier molecular flexibility index (Phi) is 9.09. The number of anilines is 1. The smallest absolute Gasteiger partial charge is 0.243 e. The second-order valence-corrected chi connectivity index (χ2v) is 12.5. The molecule has 13 heteroatoms. The molecule has 0 unspecified atom stereocenters. The largest absolute Gasteiger partial charge is 0.495 e. The zero-order chi connectivity index (χ0) is 26.5. The molecule has 198 valence electrons. The van der Waals surface area contributed by atoms with Gasteiger partial charge in [-0.2, -0.15) is 4.31 Å². The van der Waals surface area contributed by atoms with Crippen LogP contribution < -0.4 is 19.1 Å². The lowest BCUT2D eigenvalue weighted by molar-refractivity contribution is -0.121. The van der Waals surface area contributed by atoms with Crippen LogP contribution in [0.4, 0.5) is 5.69 Å². The Morgan fingerprint density at radius 3 is 2.33 bits per heavy atom. The van der Waals surface area contributed by atoms with Crippen LogP contribution in [0.1, 0.15) is 19.8 Å². The topological polar surface area (TPSA) is 122 Å². The monoisotopic (exact) mass is 559 g/mol. The molecule has 0 aliphatic carbocycles. The van der Waals surface area contributed by atoms with Crippen LogP contribution in [0, 0.1) is 0 Å². The van der Waals surface area contributed by atoms with Gasteiger partial charge < -0.3 is 14.8 Å². The summed E-state index contributed by atoms with van der Waals surface area (Å²) in [5, 5.41) is 2.94. The summed E-state index contributed by atoms with van der Waals surface area (Å²) in [6.07, 6.45) is 2.71. The Morgan fingerprint density at radius 2 is 1.75 bits per heavy atom. The quantitative estimate of drug-likeness (QED) is 0.420. The first-order chi connectivity index (χ1) is 16.9. The third-order valence-electron chi connectivity index (χ3n) is 5.66. The number of sulfonamides is 2. The standard InChI is InChI=1S/C23H30ClN3O7S2/c1-17(27(35(3,29)30)21-16-18(24)6-11-22(21)33-2)23(28)25-12-15-34-19-7-9-20(10-8-19)36(31,32)26-13-4-5-14-26/h6-11,16-17H,4-5,12-15H2,1-3H3,(H,25,28)/t17-/m1/s1. The van der Waals surface area contributed by atoms with Crippen LogP contribution in [-0.2, 0) is 24.8 Å². The third-order valence-corrected chi connectivity index (χ3v) is 9.04. The summed E-state index contributed by atoms with van der Waals surface area (Å²) in [4.78, 5) is 13.0. The molecular weight excluding hydrogens is 530 g/mol. The molecule has 2 aromatic carbocycles. The number of methoxy groups -OCH3 is 1. The van der Waals surface area contributed by atoms with Crippen LogP contribution in [0.15, 0.2) is 47.4 Å². The van der Waals surface area contributed by atoms with Crippen molar-refractivity contribution in [1.29, 1.82) is 0 Å². The highest BCUT2D eigenvalue weighted by Gasteiger charge is 2.31. The first kappa shape index (κ1) is 28.0. The number of ether oxygens (including phenoxy) is 2. The van der Waals surface area contributed by atoms with Crippen LogP contribution >= 0.6 is 11.6 Å². The molecule has 1 aliphatic rings. The molecule has 1 amide bonds. The molecule has 0 bridgehead atoms. The zero-order valence-electron chi connectivity index (χ0n) is 20.3. The Morgan fingerprint density at radius 1 is 1.11 bits per heavy atom. The Bertz CT molecular complexity index is 1280. The number of hydrogen-bond acceptors (Lipinski definition) is 7. The van der Waals surface area contributed by atoms with Crippen molar-refractivity contribution >= 4 is 43.2 Å². The molecule has 1 saturated heterocycles. The van der Waals surface area contributed by atoms with Gasteiger partial charge in [0.2, 0.25) is 26.0 Å². The van der Waals surface area contributed by atoms with Gasteiger partial charge in [-0.3, -0.25) is 9.10 Å². The fraction of sp³-hybridized carbons (Fsp3) is 0.435. The predicted molar refractivity (Wildman–Crippen MR) is 138 cm³/mol. The van der Waals surface area contributed by atoms with Gasteiger partial charge in [-0.25, -0.2) is 16.8 Å². The second kappa shape index (κ2) is 11.7. The molecule has 0 radical (unpaired) electrons. The van der Waals surface area contributed by atoms with E-state index in [-0.39, 0.29) is 29.5 Å². The number of carbonyl (C=O) groups excluding carboxylic acids is 1. The van der Waals surface area contributed by atoms with Gasteiger partial charge in [0.15, 0.2) is 0 Å². The molecule has 3 rings (SSSR count). The highest BCUT2D eigenvalue weighted by molar-refractivity contribution is 7.92. The third kappa shape index (κ3) is 6.61. The molecule has 1 heterocycles. The van der Waals surface area contributed by atoms with Crippen molar-refractivity contribution in [3.8, 4) is 11.5 Å². The fourth-order valence-corrected chi connectivity index (χ4v) is 6.75. The van der Waals surface area contributed by atoms with Crippen LogP contribution in [0.3, 0.4) is 0 Å². The van der Waals surface area contributed by atoms with Gasteiger partial charge in [0.25, 0.3) is 0 Å². The van der Waals surface area contributed by atoms with Crippen LogP contribution in [0.2, 0.25) is 5.02 Å². The maximum atomic E-state index is 12.8. The van der Waals surface area contributed by atoms with E-state index in [0.717, 1.165) is 23.4 Å². The van der Waals surface area contributed by atoms with Crippen molar-refractivity contribution in [3.63, 3.8) is 0 Å². The Balaban J connectivity index is 1.59. The number of rotatable bonds is 11. The van der Waals surface area contributed by atoms with E-state index < -0.39 is 32.0 Å². The minimum absolute atomic E-state index is 0.0933. The van der Waals surface area contributed by atoms with Crippen LogP contribution in [0.25, 0.3) is 0 Å². The number of nitrogens with one attached hydrogen (secondary N) is 1. The lowest BCUT2D eigenvalue weighted by Gasteiger charge is -2.29. The molecule has 1 N–H and O–H groups in total. The van der Waals surface area contributed by atoms with Crippen molar-refractivity contribution in [1.82, 2.24) is 9.62 Å². The average molecular weight is 560 g/mol. The summed E-state index contributed by atoms with van der Waals surface area (Å²) in [5.74, 6) is 0.153. The van der Waals surface area contributed by atoms with E-state index in [4.69, 9.17) is 21.1 Å². The molecular formula is C23H30ClN3O7S2. The van der Waals surface area contributed by atoms with Gasteiger partial charge in [0.1, 0.15) is 24.1 Å². The lowest BCUT2D eigenvalue weighted by atomic mass is 10.2. The zero-order valence-corrected chi connectivity index (χ0v) is 22.7. The molecule has 1 fully saturated rings. The Hall–Kier alpha value is -2.54. The van der Waals surface area contributed by atoms with E-state index in [0.29, 0.717) is 23.9 Å². The molecule has 0 spiro atoms. The van der Waals surface area contributed by atoms with Gasteiger partial charge in [-0.05, 0) is 62.2 Å². The van der Waals surface area contributed by atoms with Crippen LogP contribution in [0.5, 0.6) is 11.5 Å². The number of carbonyl (C=O) groups is 1. The molecule has 10 nitrogen and oxygen atoms in total. The van der Waals surface area contributed by atoms with E-state index in [1.165, 1.54) is 42.6 Å². The second-order valence-electron chi connectivity index (χ2n) is 8.27. The Labute approximate surface area is 217 Å². The van der Waals surface area contributed by atoms with E-state index in [1.54, 1.807) is 18.2 Å². The van der Waals surface area contributed by atoms with Crippen molar-refractivity contribution in [2.24, 2.45) is 0 Å². The SMILES string of the molecule is COc1ccc(Cl)cc1N([C@H](C)C(=O)NCCOc1ccc(S(=O)(=O)N2CCCC2)cc1)S(C)(=O)=O. The van der Waals surface area contributed by atoms with E-state index >= 15 is 0 Å². The van der Waals surface area contributed by atoms with E-state index in [1.807, 2.05) is 0 Å².